The summed E-state index contributed by atoms with van der Waals surface area (Å²) >= 11 is 0. The molecule has 136 valence electrons. The molecule has 4 rings (SSSR count). The van der Waals surface area contributed by atoms with Crippen LogP contribution in [0.1, 0.15) is 30.9 Å². The fourth-order valence-corrected chi connectivity index (χ4v) is 4.18. The second-order valence-corrected chi connectivity index (χ2v) is 7.55. The van der Waals surface area contributed by atoms with Crippen LogP contribution in [0, 0.1) is 6.92 Å². The Morgan fingerprint density at radius 1 is 1.15 bits per heavy atom. The second-order valence-electron chi connectivity index (χ2n) is 7.55. The summed E-state index contributed by atoms with van der Waals surface area (Å²) in [6, 6.07) is 15.1. The van der Waals surface area contributed by atoms with Gasteiger partial charge >= 0.3 is 0 Å². The van der Waals surface area contributed by atoms with E-state index in [-0.39, 0.29) is 5.91 Å². The monoisotopic (exact) mass is 349 g/mol. The van der Waals surface area contributed by atoms with Crippen LogP contribution in [0.25, 0.3) is 0 Å². The minimum Gasteiger partial charge on any atom is -0.372 e. The molecule has 26 heavy (non-hydrogen) atoms. The Bertz CT molecular complexity index is 811. The van der Waals surface area contributed by atoms with Gasteiger partial charge in [-0.1, -0.05) is 18.2 Å². The van der Waals surface area contributed by atoms with Crippen LogP contribution < -0.4 is 15.1 Å². The molecule has 4 nitrogen and oxygen atoms in total. The lowest BCUT2D eigenvalue weighted by atomic mass is 10.1. The maximum Gasteiger partial charge on any atom is 0.243 e. The number of hydrogen-bond acceptors (Lipinski definition) is 3. The van der Waals surface area contributed by atoms with E-state index in [4.69, 9.17) is 0 Å². The SMILES string of the molecule is Cc1cc(N2CCCC2)ccc1NC(=O)CN1c2ccccc2C[C@@H]1C. The van der Waals surface area contributed by atoms with Crippen molar-refractivity contribution in [3.63, 3.8) is 0 Å². The predicted molar refractivity (Wildman–Crippen MR) is 108 cm³/mol. The van der Waals surface area contributed by atoms with Crippen LogP contribution in [0.4, 0.5) is 17.1 Å². The third kappa shape index (κ3) is 3.28. The lowest BCUT2D eigenvalue weighted by Gasteiger charge is -2.24. The molecule has 0 spiro atoms. The van der Waals surface area contributed by atoms with Crippen molar-refractivity contribution in [1.29, 1.82) is 0 Å². The van der Waals surface area contributed by atoms with Crippen molar-refractivity contribution in [2.24, 2.45) is 0 Å². The average Bonchev–Trinajstić information content (AvgIpc) is 3.26. The molecule has 1 saturated heterocycles. The molecule has 2 aromatic rings. The Hall–Kier alpha value is -2.49. The summed E-state index contributed by atoms with van der Waals surface area (Å²) in [6.07, 6.45) is 3.55. The van der Waals surface area contributed by atoms with Crippen molar-refractivity contribution >= 4 is 23.0 Å². The van der Waals surface area contributed by atoms with Gasteiger partial charge in [-0.25, -0.2) is 0 Å². The number of fused-ring (bicyclic) bond motifs is 1. The molecule has 1 atom stereocenters. The fourth-order valence-electron chi connectivity index (χ4n) is 4.18. The Labute approximate surface area is 155 Å². The molecule has 2 aliphatic rings. The summed E-state index contributed by atoms with van der Waals surface area (Å²) in [7, 11) is 0. The van der Waals surface area contributed by atoms with Crippen molar-refractivity contribution in [3.8, 4) is 0 Å². The van der Waals surface area contributed by atoms with Crippen LogP contribution in [0.3, 0.4) is 0 Å². The maximum absolute atomic E-state index is 12.7. The highest BCUT2D eigenvalue weighted by Gasteiger charge is 2.27. The van der Waals surface area contributed by atoms with E-state index in [1.165, 1.54) is 29.8 Å². The normalized spacial score (nSPS) is 18.9. The Morgan fingerprint density at radius 2 is 1.92 bits per heavy atom. The van der Waals surface area contributed by atoms with Crippen LogP contribution in [0.2, 0.25) is 0 Å². The van der Waals surface area contributed by atoms with E-state index in [9.17, 15) is 4.79 Å². The van der Waals surface area contributed by atoms with Gasteiger partial charge in [-0.05, 0) is 68.5 Å². The Balaban J connectivity index is 1.44. The highest BCUT2D eigenvalue weighted by molar-refractivity contribution is 5.95. The molecule has 4 heteroatoms. The zero-order valence-corrected chi connectivity index (χ0v) is 15.7. The van der Waals surface area contributed by atoms with Crippen molar-refractivity contribution in [3.05, 3.63) is 53.6 Å². The first-order valence-corrected chi connectivity index (χ1v) is 9.62. The minimum atomic E-state index is 0.0468. The number of para-hydroxylation sites is 1. The number of anilines is 3. The number of nitrogens with one attached hydrogen (secondary N) is 1. The first-order valence-electron chi connectivity index (χ1n) is 9.62. The van der Waals surface area contributed by atoms with E-state index in [1.54, 1.807) is 0 Å². The van der Waals surface area contributed by atoms with Crippen LogP contribution in [0.5, 0.6) is 0 Å². The molecule has 0 aliphatic carbocycles. The predicted octanol–water partition coefficient (Wildman–Crippen LogP) is 3.98. The van der Waals surface area contributed by atoms with Crippen molar-refractivity contribution in [2.45, 2.75) is 39.2 Å². The molecule has 1 fully saturated rings. The first kappa shape index (κ1) is 17.0. The summed E-state index contributed by atoms with van der Waals surface area (Å²) in [5.41, 5.74) is 5.82. The third-order valence-electron chi connectivity index (χ3n) is 5.62. The van der Waals surface area contributed by atoms with Crippen LogP contribution >= 0.6 is 0 Å². The van der Waals surface area contributed by atoms with Gasteiger partial charge in [-0.3, -0.25) is 4.79 Å². The van der Waals surface area contributed by atoms with Crippen LogP contribution in [0.15, 0.2) is 42.5 Å². The highest BCUT2D eigenvalue weighted by atomic mass is 16.2. The van der Waals surface area contributed by atoms with Gasteiger partial charge in [0.2, 0.25) is 5.91 Å². The first-order chi connectivity index (χ1) is 12.6. The maximum atomic E-state index is 12.7. The highest BCUT2D eigenvalue weighted by Crippen LogP contribution is 2.31. The molecule has 2 aromatic carbocycles. The Kier molecular flexibility index (Phi) is 4.58. The Morgan fingerprint density at radius 3 is 2.69 bits per heavy atom. The summed E-state index contributed by atoms with van der Waals surface area (Å²) < 4.78 is 0. The van der Waals surface area contributed by atoms with Crippen molar-refractivity contribution in [2.75, 3.05) is 34.8 Å². The van der Waals surface area contributed by atoms with E-state index in [1.807, 2.05) is 12.1 Å². The van der Waals surface area contributed by atoms with Gasteiger partial charge in [0, 0.05) is 36.2 Å². The van der Waals surface area contributed by atoms with E-state index in [2.05, 4.69) is 59.3 Å². The molecule has 0 bridgehead atoms. The van der Waals surface area contributed by atoms with Crippen molar-refractivity contribution < 1.29 is 4.79 Å². The molecule has 0 aromatic heterocycles. The summed E-state index contributed by atoms with van der Waals surface area (Å²) in [5, 5.41) is 3.11. The van der Waals surface area contributed by atoms with Gasteiger partial charge in [0.05, 0.1) is 6.54 Å². The molecular weight excluding hydrogens is 322 g/mol. The fraction of sp³-hybridized carbons (Fsp3) is 0.409. The van der Waals surface area contributed by atoms with E-state index < -0.39 is 0 Å². The van der Waals surface area contributed by atoms with E-state index in [0.29, 0.717) is 12.6 Å². The zero-order chi connectivity index (χ0) is 18.1. The molecule has 0 saturated carbocycles. The number of carbonyl (C=O) groups is 1. The largest absolute Gasteiger partial charge is 0.372 e. The zero-order valence-electron chi connectivity index (χ0n) is 15.7. The van der Waals surface area contributed by atoms with E-state index >= 15 is 0 Å². The number of rotatable bonds is 4. The number of benzene rings is 2. The van der Waals surface area contributed by atoms with E-state index in [0.717, 1.165) is 30.8 Å². The number of carbonyl (C=O) groups excluding carboxylic acids is 1. The standard InChI is InChI=1S/C22H27N3O/c1-16-13-19(24-11-5-6-12-24)9-10-20(16)23-22(26)15-25-17(2)14-18-7-3-4-8-21(18)25/h3-4,7-10,13,17H,5-6,11-12,14-15H2,1-2H3,(H,23,26)/t17-/m0/s1. The quantitative estimate of drug-likeness (QED) is 0.907. The van der Waals surface area contributed by atoms with Crippen molar-refractivity contribution in [1.82, 2.24) is 0 Å². The average molecular weight is 349 g/mol. The number of amides is 1. The number of hydrogen-bond donors (Lipinski definition) is 1. The molecule has 1 amide bonds. The molecule has 0 unspecified atom stereocenters. The lowest BCUT2D eigenvalue weighted by Crippen LogP contribution is -2.37. The molecule has 2 heterocycles. The third-order valence-corrected chi connectivity index (χ3v) is 5.62. The second kappa shape index (κ2) is 7.02. The smallest absolute Gasteiger partial charge is 0.243 e. The summed E-state index contributed by atoms with van der Waals surface area (Å²) in [5.74, 6) is 0.0468. The lowest BCUT2D eigenvalue weighted by molar-refractivity contribution is -0.115. The topological polar surface area (TPSA) is 35.6 Å². The molecule has 2 aliphatic heterocycles. The summed E-state index contributed by atoms with van der Waals surface area (Å²) in [6.45, 7) is 6.92. The molecule has 1 N–H and O–H groups in total. The van der Waals surface area contributed by atoms with Gasteiger partial charge in [0.15, 0.2) is 0 Å². The molecular formula is C22H27N3O. The van der Waals surface area contributed by atoms with Crippen LogP contribution in [-0.2, 0) is 11.2 Å². The van der Waals surface area contributed by atoms with Gasteiger partial charge in [-0.2, -0.15) is 0 Å². The number of nitrogens with zero attached hydrogens (tertiary/aromatic N) is 2. The minimum absolute atomic E-state index is 0.0468. The van der Waals surface area contributed by atoms with Gasteiger partial charge in [0.25, 0.3) is 0 Å². The van der Waals surface area contributed by atoms with Gasteiger partial charge < -0.3 is 15.1 Å². The number of aryl methyl sites for hydroxylation is 1. The van der Waals surface area contributed by atoms with Gasteiger partial charge in [-0.15, -0.1) is 0 Å². The summed E-state index contributed by atoms with van der Waals surface area (Å²) in [4.78, 5) is 17.3. The van der Waals surface area contributed by atoms with Gasteiger partial charge in [0.1, 0.15) is 0 Å². The van der Waals surface area contributed by atoms with Crippen LogP contribution in [-0.4, -0.2) is 31.6 Å². The molecule has 0 radical (unpaired) electrons.